The molecule has 0 aliphatic heterocycles. The summed E-state index contributed by atoms with van der Waals surface area (Å²) in [5.74, 6) is 0. The summed E-state index contributed by atoms with van der Waals surface area (Å²) < 4.78 is 7.14. The van der Waals surface area contributed by atoms with Crippen LogP contribution < -0.4 is 0 Å². The molecule has 19 heavy (non-hydrogen) atoms. The van der Waals surface area contributed by atoms with E-state index in [-0.39, 0.29) is 0 Å². The molecule has 0 amide bonds. The number of benzene rings is 3. The summed E-state index contributed by atoms with van der Waals surface area (Å²) in [6, 6.07) is 16.8. The van der Waals surface area contributed by atoms with Gasteiger partial charge in [-0.3, -0.25) is 0 Å². The highest BCUT2D eigenvalue weighted by Crippen LogP contribution is 2.38. The molecule has 0 saturated heterocycles. The van der Waals surface area contributed by atoms with Crippen LogP contribution in [-0.2, 0) is 0 Å². The molecule has 0 unspecified atom stereocenters. The number of hydrogen-bond donors (Lipinski definition) is 0. The third-order valence-electron chi connectivity index (χ3n) is 3.67. The Hall–Kier alpha value is -1.80. The van der Waals surface area contributed by atoms with Crippen molar-refractivity contribution in [3.05, 3.63) is 58.6 Å². The molecule has 0 saturated carbocycles. The molecule has 0 radical (unpaired) electrons. The van der Waals surface area contributed by atoms with Crippen molar-refractivity contribution in [3.8, 4) is 0 Å². The smallest absolute Gasteiger partial charge is 0.149 e. The van der Waals surface area contributed by atoms with E-state index in [4.69, 9.17) is 4.42 Å². The van der Waals surface area contributed by atoms with Crippen LogP contribution in [0.25, 0.3) is 32.7 Å². The Morgan fingerprint density at radius 2 is 1.68 bits per heavy atom. The van der Waals surface area contributed by atoms with Gasteiger partial charge in [-0.25, -0.2) is 0 Å². The summed E-state index contributed by atoms with van der Waals surface area (Å²) in [5.41, 5.74) is 3.15. The topological polar surface area (TPSA) is 13.1 Å². The Labute approximate surface area is 119 Å². The molecule has 0 spiro atoms. The second kappa shape index (κ2) is 3.84. The van der Waals surface area contributed by atoms with Gasteiger partial charge in [-0.1, -0.05) is 36.4 Å². The van der Waals surface area contributed by atoms with E-state index in [1.54, 1.807) is 0 Å². The monoisotopic (exact) mass is 310 g/mol. The lowest BCUT2D eigenvalue weighted by molar-refractivity contribution is 0.670. The van der Waals surface area contributed by atoms with Gasteiger partial charge in [0.1, 0.15) is 11.2 Å². The molecule has 0 bridgehead atoms. The lowest BCUT2D eigenvalue weighted by Crippen LogP contribution is -1.76. The molecule has 4 rings (SSSR count). The van der Waals surface area contributed by atoms with Crippen molar-refractivity contribution in [3.63, 3.8) is 0 Å². The fraction of sp³-hybridized carbons (Fsp3) is 0.0588. The second-order valence-electron chi connectivity index (χ2n) is 4.83. The van der Waals surface area contributed by atoms with Crippen LogP contribution >= 0.6 is 15.9 Å². The number of fused-ring (bicyclic) bond motifs is 5. The quantitative estimate of drug-likeness (QED) is 0.399. The second-order valence-corrected chi connectivity index (χ2v) is 5.69. The first-order valence-corrected chi connectivity index (χ1v) is 7.04. The summed E-state index contributed by atoms with van der Waals surface area (Å²) in [6.45, 7) is 2.12. The van der Waals surface area contributed by atoms with E-state index in [1.807, 2.05) is 6.07 Å². The Balaban J connectivity index is 2.35. The first kappa shape index (κ1) is 11.1. The summed E-state index contributed by atoms with van der Waals surface area (Å²) in [4.78, 5) is 0. The average molecular weight is 311 g/mol. The zero-order valence-corrected chi connectivity index (χ0v) is 12.0. The van der Waals surface area contributed by atoms with Crippen molar-refractivity contribution in [1.82, 2.24) is 0 Å². The molecule has 1 nitrogen and oxygen atoms in total. The van der Waals surface area contributed by atoms with Crippen LogP contribution in [0.1, 0.15) is 5.56 Å². The number of furan rings is 1. The molecule has 0 fully saturated rings. The summed E-state index contributed by atoms with van der Waals surface area (Å²) in [5, 5.41) is 4.77. The number of halogens is 1. The Bertz CT molecular complexity index is 934. The molecular formula is C17H11BrO. The maximum Gasteiger partial charge on any atom is 0.149 e. The Morgan fingerprint density at radius 1 is 0.842 bits per heavy atom. The molecule has 0 aliphatic rings. The van der Waals surface area contributed by atoms with E-state index in [9.17, 15) is 0 Å². The molecular weight excluding hydrogens is 300 g/mol. The van der Waals surface area contributed by atoms with E-state index >= 15 is 0 Å². The summed E-state index contributed by atoms with van der Waals surface area (Å²) in [7, 11) is 0. The van der Waals surface area contributed by atoms with Crippen molar-refractivity contribution >= 4 is 48.6 Å². The van der Waals surface area contributed by atoms with Gasteiger partial charge in [0.25, 0.3) is 0 Å². The van der Waals surface area contributed by atoms with Gasteiger partial charge < -0.3 is 4.42 Å². The first-order valence-electron chi connectivity index (χ1n) is 6.25. The normalized spacial score (nSPS) is 11.7. The minimum atomic E-state index is 0.936. The molecule has 2 heteroatoms. The molecule has 3 aromatic carbocycles. The predicted molar refractivity (Wildman–Crippen MR) is 83.7 cm³/mol. The fourth-order valence-corrected chi connectivity index (χ4v) is 3.15. The third-order valence-corrected chi connectivity index (χ3v) is 4.30. The zero-order valence-electron chi connectivity index (χ0n) is 10.4. The van der Waals surface area contributed by atoms with Crippen molar-refractivity contribution in [1.29, 1.82) is 0 Å². The minimum absolute atomic E-state index is 0.936. The van der Waals surface area contributed by atoms with Crippen molar-refractivity contribution in [2.75, 3.05) is 0 Å². The SMILES string of the molecule is Cc1ccc(Br)c2oc3c4ccccc4ccc3c12. The average Bonchev–Trinajstić information content (AvgIpc) is 2.84. The van der Waals surface area contributed by atoms with Gasteiger partial charge >= 0.3 is 0 Å². The maximum atomic E-state index is 6.13. The highest BCUT2D eigenvalue weighted by atomic mass is 79.9. The standard InChI is InChI=1S/C17H11BrO/c1-10-6-9-14(18)17-15(10)13-8-7-11-4-2-3-5-12(11)16(13)19-17/h2-9H,1H3. The van der Waals surface area contributed by atoms with Crippen LogP contribution in [0.15, 0.2) is 57.4 Å². The van der Waals surface area contributed by atoms with Crippen LogP contribution in [-0.4, -0.2) is 0 Å². The van der Waals surface area contributed by atoms with Gasteiger partial charge in [-0.2, -0.15) is 0 Å². The highest BCUT2D eigenvalue weighted by molar-refractivity contribution is 9.10. The number of aryl methyl sites for hydroxylation is 1. The van der Waals surface area contributed by atoms with Gasteiger partial charge in [0.15, 0.2) is 0 Å². The van der Waals surface area contributed by atoms with Crippen LogP contribution in [0.3, 0.4) is 0 Å². The summed E-state index contributed by atoms with van der Waals surface area (Å²) in [6.07, 6.45) is 0. The van der Waals surface area contributed by atoms with Gasteiger partial charge in [-0.05, 0) is 45.9 Å². The van der Waals surface area contributed by atoms with E-state index in [0.717, 1.165) is 15.6 Å². The first-order chi connectivity index (χ1) is 9.25. The van der Waals surface area contributed by atoms with Gasteiger partial charge in [0, 0.05) is 16.2 Å². The molecule has 0 atom stereocenters. The largest absolute Gasteiger partial charge is 0.454 e. The molecule has 0 aliphatic carbocycles. The van der Waals surface area contributed by atoms with E-state index < -0.39 is 0 Å². The van der Waals surface area contributed by atoms with E-state index in [2.05, 4.69) is 65.3 Å². The van der Waals surface area contributed by atoms with E-state index in [0.29, 0.717) is 0 Å². The number of rotatable bonds is 0. The van der Waals surface area contributed by atoms with Crippen molar-refractivity contribution in [2.45, 2.75) is 6.92 Å². The van der Waals surface area contributed by atoms with Crippen LogP contribution in [0.2, 0.25) is 0 Å². The fourth-order valence-electron chi connectivity index (χ4n) is 2.74. The Morgan fingerprint density at radius 3 is 2.58 bits per heavy atom. The molecule has 1 heterocycles. The molecule has 92 valence electrons. The van der Waals surface area contributed by atoms with Gasteiger partial charge in [0.05, 0.1) is 4.47 Å². The van der Waals surface area contributed by atoms with Crippen LogP contribution in [0.4, 0.5) is 0 Å². The van der Waals surface area contributed by atoms with Gasteiger partial charge in [0.2, 0.25) is 0 Å². The minimum Gasteiger partial charge on any atom is -0.454 e. The molecule has 0 N–H and O–H groups in total. The maximum absolute atomic E-state index is 6.13. The third kappa shape index (κ3) is 1.47. The molecule has 4 aromatic rings. The van der Waals surface area contributed by atoms with E-state index in [1.165, 1.54) is 27.1 Å². The van der Waals surface area contributed by atoms with Crippen molar-refractivity contribution < 1.29 is 4.42 Å². The van der Waals surface area contributed by atoms with Crippen molar-refractivity contribution in [2.24, 2.45) is 0 Å². The zero-order chi connectivity index (χ0) is 13.0. The highest BCUT2D eigenvalue weighted by Gasteiger charge is 2.13. The number of hydrogen-bond acceptors (Lipinski definition) is 1. The molecule has 1 aromatic heterocycles. The van der Waals surface area contributed by atoms with Crippen LogP contribution in [0.5, 0.6) is 0 Å². The lowest BCUT2D eigenvalue weighted by atomic mass is 10.0. The Kier molecular flexibility index (Phi) is 2.24. The van der Waals surface area contributed by atoms with Gasteiger partial charge in [-0.15, -0.1) is 0 Å². The predicted octanol–water partition coefficient (Wildman–Crippen LogP) is 5.81. The summed E-state index contributed by atoms with van der Waals surface area (Å²) >= 11 is 3.58. The lowest BCUT2D eigenvalue weighted by Gasteiger charge is -1.98. The van der Waals surface area contributed by atoms with Crippen LogP contribution in [0, 0.1) is 6.92 Å².